The van der Waals surface area contributed by atoms with Crippen molar-refractivity contribution in [2.75, 3.05) is 5.75 Å². The van der Waals surface area contributed by atoms with Gasteiger partial charge in [-0.2, -0.15) is 0 Å². The highest BCUT2D eigenvalue weighted by Crippen LogP contribution is 2.13. The topological polar surface area (TPSA) is 55.1 Å². The number of allylic oxidation sites excluding steroid dienone is 3. The van der Waals surface area contributed by atoms with Crippen molar-refractivity contribution in [1.29, 1.82) is 0 Å². The fourth-order valence-corrected chi connectivity index (χ4v) is 1.33. The Labute approximate surface area is 83.4 Å². The summed E-state index contributed by atoms with van der Waals surface area (Å²) in [6, 6.07) is 0. The zero-order chi connectivity index (χ0) is 10.3. The molecule has 0 heterocycles. The second kappa shape index (κ2) is 6.74. The molecule has 0 aliphatic carbocycles. The van der Waals surface area contributed by atoms with Gasteiger partial charge in [0.2, 0.25) is 0 Å². The molecule has 0 saturated heterocycles. The van der Waals surface area contributed by atoms with Crippen molar-refractivity contribution in [3.63, 3.8) is 0 Å². The summed E-state index contributed by atoms with van der Waals surface area (Å²) < 4.78 is 0. The first-order valence-corrected chi connectivity index (χ1v) is 5.09. The SMILES string of the molecule is CCS/C(C)=C/C=C(\C)C(=O)NN. The van der Waals surface area contributed by atoms with Crippen LogP contribution in [0.5, 0.6) is 0 Å². The van der Waals surface area contributed by atoms with E-state index in [0.29, 0.717) is 5.57 Å². The van der Waals surface area contributed by atoms with Crippen LogP contribution in [0, 0.1) is 0 Å². The number of amides is 1. The quantitative estimate of drug-likeness (QED) is 0.238. The maximum Gasteiger partial charge on any atom is 0.260 e. The number of thioether (sulfide) groups is 1. The highest BCUT2D eigenvalue weighted by atomic mass is 32.2. The fourth-order valence-electron chi connectivity index (χ4n) is 0.708. The monoisotopic (exact) mass is 200 g/mol. The first-order chi connectivity index (χ1) is 6.11. The molecule has 0 rings (SSSR count). The van der Waals surface area contributed by atoms with Crippen LogP contribution in [0.2, 0.25) is 0 Å². The van der Waals surface area contributed by atoms with Crippen molar-refractivity contribution in [2.24, 2.45) is 5.84 Å². The van der Waals surface area contributed by atoms with Gasteiger partial charge < -0.3 is 0 Å². The van der Waals surface area contributed by atoms with Gasteiger partial charge in [-0.3, -0.25) is 10.2 Å². The minimum Gasteiger partial charge on any atom is -0.290 e. The van der Waals surface area contributed by atoms with E-state index in [-0.39, 0.29) is 5.91 Å². The van der Waals surface area contributed by atoms with Crippen molar-refractivity contribution >= 4 is 17.7 Å². The summed E-state index contributed by atoms with van der Waals surface area (Å²) >= 11 is 1.75. The van der Waals surface area contributed by atoms with Gasteiger partial charge in [-0.1, -0.05) is 19.1 Å². The molecule has 0 atom stereocenters. The molecule has 0 radical (unpaired) electrons. The van der Waals surface area contributed by atoms with E-state index in [2.05, 4.69) is 12.3 Å². The number of hydrazine groups is 1. The van der Waals surface area contributed by atoms with Crippen LogP contribution in [-0.4, -0.2) is 11.7 Å². The van der Waals surface area contributed by atoms with Crippen LogP contribution in [0.4, 0.5) is 0 Å². The molecule has 0 spiro atoms. The van der Waals surface area contributed by atoms with E-state index in [1.165, 1.54) is 4.91 Å². The molecule has 0 aromatic heterocycles. The highest BCUT2D eigenvalue weighted by Gasteiger charge is 1.98. The standard InChI is InChI=1S/C9H16N2OS/c1-4-13-8(3)6-5-7(2)9(12)11-10/h5-6H,4,10H2,1-3H3,(H,11,12)/b7-5+,8-6+. The molecule has 0 unspecified atom stereocenters. The minimum absolute atomic E-state index is 0.245. The zero-order valence-corrected chi connectivity index (χ0v) is 9.07. The first-order valence-electron chi connectivity index (χ1n) is 4.10. The predicted octanol–water partition coefficient (Wildman–Crippen LogP) is 1.58. The number of hydrogen-bond donors (Lipinski definition) is 2. The van der Waals surface area contributed by atoms with E-state index >= 15 is 0 Å². The molecule has 3 N–H and O–H groups in total. The van der Waals surface area contributed by atoms with Crippen LogP contribution < -0.4 is 11.3 Å². The summed E-state index contributed by atoms with van der Waals surface area (Å²) in [4.78, 5) is 12.1. The normalized spacial score (nSPS) is 12.9. The van der Waals surface area contributed by atoms with Crippen molar-refractivity contribution in [1.82, 2.24) is 5.43 Å². The lowest BCUT2D eigenvalue weighted by Gasteiger charge is -1.97. The van der Waals surface area contributed by atoms with E-state index in [0.717, 1.165) is 5.75 Å². The van der Waals surface area contributed by atoms with Crippen LogP contribution in [0.1, 0.15) is 20.8 Å². The van der Waals surface area contributed by atoms with Crippen LogP contribution in [0.3, 0.4) is 0 Å². The third-order valence-corrected chi connectivity index (χ3v) is 2.31. The van der Waals surface area contributed by atoms with Gasteiger partial charge in [-0.15, -0.1) is 11.8 Å². The Morgan fingerprint density at radius 3 is 2.54 bits per heavy atom. The van der Waals surface area contributed by atoms with Gasteiger partial charge in [-0.25, -0.2) is 5.84 Å². The molecule has 0 aromatic rings. The maximum atomic E-state index is 10.9. The lowest BCUT2D eigenvalue weighted by Crippen LogP contribution is -2.30. The van der Waals surface area contributed by atoms with Gasteiger partial charge in [0.1, 0.15) is 0 Å². The third-order valence-electron chi connectivity index (χ3n) is 1.43. The molecule has 74 valence electrons. The molecule has 0 aliphatic rings. The molecule has 13 heavy (non-hydrogen) atoms. The van der Waals surface area contributed by atoms with E-state index in [4.69, 9.17) is 5.84 Å². The number of rotatable bonds is 4. The van der Waals surface area contributed by atoms with E-state index in [1.54, 1.807) is 24.8 Å². The molecule has 0 bridgehead atoms. The zero-order valence-electron chi connectivity index (χ0n) is 8.26. The van der Waals surface area contributed by atoms with Gasteiger partial charge >= 0.3 is 0 Å². The smallest absolute Gasteiger partial charge is 0.260 e. The van der Waals surface area contributed by atoms with Crippen molar-refractivity contribution in [3.05, 3.63) is 22.6 Å². The van der Waals surface area contributed by atoms with Gasteiger partial charge in [0, 0.05) is 5.57 Å². The first kappa shape index (κ1) is 12.3. The maximum absolute atomic E-state index is 10.9. The van der Waals surface area contributed by atoms with Crippen molar-refractivity contribution in [2.45, 2.75) is 20.8 Å². The van der Waals surface area contributed by atoms with Gasteiger partial charge in [0.15, 0.2) is 0 Å². The molecule has 3 nitrogen and oxygen atoms in total. The Balaban J connectivity index is 4.23. The van der Waals surface area contributed by atoms with Gasteiger partial charge in [0.25, 0.3) is 5.91 Å². The number of nitrogens with one attached hydrogen (secondary N) is 1. The Morgan fingerprint density at radius 2 is 2.08 bits per heavy atom. The lowest BCUT2D eigenvalue weighted by molar-refractivity contribution is -0.117. The van der Waals surface area contributed by atoms with Crippen LogP contribution in [0.15, 0.2) is 22.6 Å². The summed E-state index contributed by atoms with van der Waals surface area (Å²) in [5.74, 6) is 5.77. The molecular weight excluding hydrogens is 184 g/mol. The summed E-state index contributed by atoms with van der Waals surface area (Å²) in [6.45, 7) is 5.83. The molecule has 0 saturated carbocycles. The summed E-state index contributed by atoms with van der Waals surface area (Å²) in [7, 11) is 0. The van der Waals surface area contributed by atoms with Crippen LogP contribution in [-0.2, 0) is 4.79 Å². The lowest BCUT2D eigenvalue weighted by atomic mass is 10.2. The predicted molar refractivity (Wildman–Crippen MR) is 58.0 cm³/mol. The summed E-state index contributed by atoms with van der Waals surface area (Å²) in [6.07, 6.45) is 3.68. The van der Waals surface area contributed by atoms with Crippen LogP contribution in [0.25, 0.3) is 0 Å². The Hall–Kier alpha value is -0.740. The van der Waals surface area contributed by atoms with Crippen molar-refractivity contribution in [3.8, 4) is 0 Å². The number of hydrogen-bond acceptors (Lipinski definition) is 3. The second-order valence-corrected chi connectivity index (χ2v) is 4.04. The molecule has 1 amide bonds. The van der Waals surface area contributed by atoms with Crippen LogP contribution >= 0.6 is 11.8 Å². The van der Waals surface area contributed by atoms with Gasteiger partial charge in [0.05, 0.1) is 0 Å². The number of carbonyl (C=O) groups excluding carboxylic acids is 1. The summed E-state index contributed by atoms with van der Waals surface area (Å²) in [5.41, 5.74) is 2.69. The van der Waals surface area contributed by atoms with Crippen molar-refractivity contribution < 1.29 is 4.79 Å². The average molecular weight is 200 g/mol. The molecule has 4 heteroatoms. The fraction of sp³-hybridized carbons (Fsp3) is 0.444. The Bertz CT molecular complexity index is 234. The molecule has 0 aliphatic heterocycles. The Kier molecular flexibility index (Phi) is 6.36. The molecule has 0 aromatic carbocycles. The minimum atomic E-state index is -0.245. The van der Waals surface area contributed by atoms with E-state index in [1.807, 2.05) is 13.0 Å². The molecule has 0 fully saturated rings. The van der Waals surface area contributed by atoms with E-state index < -0.39 is 0 Å². The Morgan fingerprint density at radius 1 is 1.46 bits per heavy atom. The van der Waals surface area contributed by atoms with E-state index in [9.17, 15) is 4.79 Å². The highest BCUT2D eigenvalue weighted by molar-refractivity contribution is 8.03. The number of nitrogens with two attached hydrogens (primary N) is 1. The third kappa shape index (κ3) is 5.49. The largest absolute Gasteiger partial charge is 0.290 e. The molecular formula is C9H16N2OS. The second-order valence-electron chi connectivity index (χ2n) is 2.53. The summed E-state index contributed by atoms with van der Waals surface area (Å²) in [5, 5.41) is 0. The average Bonchev–Trinajstić information content (AvgIpc) is 2.13. The van der Waals surface area contributed by atoms with Gasteiger partial charge in [-0.05, 0) is 24.5 Å². The number of carbonyl (C=O) groups is 1.